The summed E-state index contributed by atoms with van der Waals surface area (Å²) in [6.07, 6.45) is 1.10. The van der Waals surface area contributed by atoms with E-state index in [4.69, 9.17) is 4.74 Å². The fourth-order valence-electron chi connectivity index (χ4n) is 3.33. The summed E-state index contributed by atoms with van der Waals surface area (Å²) in [5.41, 5.74) is 2.50. The van der Waals surface area contributed by atoms with Crippen molar-refractivity contribution in [1.82, 2.24) is 4.31 Å². The number of hydrogen-bond donors (Lipinski definition) is 0. The Labute approximate surface area is 160 Å². The highest BCUT2D eigenvalue weighted by Gasteiger charge is 2.27. The maximum absolute atomic E-state index is 13.0. The standard InChI is InChI=1S/C20H24N2O4S/c1-4-20(23)22-12-11-15-13-17(9-10-18(15)22)27(24,25)21(2)14-16-7-5-6-8-19(16)26-3/h5-10,13H,4,11-12,14H2,1-3H3. The van der Waals surface area contributed by atoms with Gasteiger partial charge in [0.05, 0.1) is 12.0 Å². The lowest BCUT2D eigenvalue weighted by Crippen LogP contribution is -2.28. The number of benzene rings is 2. The van der Waals surface area contributed by atoms with Gasteiger partial charge in [0.25, 0.3) is 0 Å². The molecular formula is C20H24N2O4S. The number of ether oxygens (including phenoxy) is 1. The molecule has 27 heavy (non-hydrogen) atoms. The molecule has 1 heterocycles. The van der Waals surface area contributed by atoms with Crippen LogP contribution in [0.4, 0.5) is 5.69 Å². The van der Waals surface area contributed by atoms with Crippen LogP contribution < -0.4 is 9.64 Å². The molecule has 1 aliphatic heterocycles. The van der Waals surface area contributed by atoms with E-state index in [0.29, 0.717) is 25.1 Å². The monoisotopic (exact) mass is 388 g/mol. The van der Waals surface area contributed by atoms with Crippen LogP contribution in [0.3, 0.4) is 0 Å². The van der Waals surface area contributed by atoms with Gasteiger partial charge in [-0.3, -0.25) is 4.79 Å². The van der Waals surface area contributed by atoms with Crippen molar-refractivity contribution >= 4 is 21.6 Å². The Balaban J connectivity index is 1.86. The molecule has 0 unspecified atom stereocenters. The number of amides is 1. The Bertz CT molecular complexity index is 956. The summed E-state index contributed by atoms with van der Waals surface area (Å²) in [5, 5.41) is 0. The van der Waals surface area contributed by atoms with Crippen molar-refractivity contribution in [2.75, 3.05) is 25.6 Å². The van der Waals surface area contributed by atoms with E-state index in [1.54, 1.807) is 37.3 Å². The summed E-state index contributed by atoms with van der Waals surface area (Å²) < 4.78 is 32.7. The van der Waals surface area contributed by atoms with Crippen LogP contribution in [0.25, 0.3) is 0 Å². The highest BCUT2D eigenvalue weighted by molar-refractivity contribution is 7.89. The third-order valence-corrected chi connectivity index (χ3v) is 6.64. The Kier molecular flexibility index (Phi) is 5.53. The Hall–Kier alpha value is -2.38. The number of rotatable bonds is 6. The molecule has 3 rings (SSSR count). The van der Waals surface area contributed by atoms with Gasteiger partial charge in [0, 0.05) is 37.8 Å². The summed E-state index contributed by atoms with van der Waals surface area (Å²) in [6.45, 7) is 2.64. The van der Waals surface area contributed by atoms with E-state index in [-0.39, 0.29) is 17.3 Å². The molecule has 0 aliphatic carbocycles. The first-order valence-electron chi connectivity index (χ1n) is 8.90. The third-order valence-electron chi connectivity index (χ3n) is 4.84. The maximum atomic E-state index is 13.0. The highest BCUT2D eigenvalue weighted by Crippen LogP contribution is 2.32. The molecule has 6 nitrogen and oxygen atoms in total. The van der Waals surface area contributed by atoms with E-state index in [2.05, 4.69) is 0 Å². The molecule has 1 aliphatic rings. The van der Waals surface area contributed by atoms with Gasteiger partial charge < -0.3 is 9.64 Å². The van der Waals surface area contributed by atoms with Gasteiger partial charge in [-0.25, -0.2) is 8.42 Å². The molecule has 2 aromatic carbocycles. The van der Waals surface area contributed by atoms with E-state index < -0.39 is 10.0 Å². The summed E-state index contributed by atoms with van der Waals surface area (Å²) in [5.74, 6) is 0.708. The zero-order chi connectivity index (χ0) is 19.6. The minimum Gasteiger partial charge on any atom is -0.496 e. The first-order valence-corrected chi connectivity index (χ1v) is 10.3. The van der Waals surface area contributed by atoms with Crippen LogP contribution >= 0.6 is 0 Å². The molecule has 1 amide bonds. The first kappa shape index (κ1) is 19.4. The van der Waals surface area contributed by atoms with Crippen LogP contribution in [0.1, 0.15) is 24.5 Å². The van der Waals surface area contributed by atoms with Crippen molar-refractivity contribution in [1.29, 1.82) is 0 Å². The van der Waals surface area contributed by atoms with Crippen LogP contribution in [-0.2, 0) is 27.8 Å². The zero-order valence-corrected chi connectivity index (χ0v) is 16.6. The quantitative estimate of drug-likeness (QED) is 0.763. The number of fused-ring (bicyclic) bond motifs is 1. The van der Waals surface area contributed by atoms with Gasteiger partial charge in [-0.1, -0.05) is 25.1 Å². The van der Waals surface area contributed by atoms with Gasteiger partial charge in [0.15, 0.2) is 0 Å². The molecule has 0 saturated heterocycles. The molecule has 0 atom stereocenters. The predicted octanol–water partition coefficient (Wildman–Crippen LogP) is 2.82. The molecular weight excluding hydrogens is 364 g/mol. The highest BCUT2D eigenvalue weighted by atomic mass is 32.2. The normalized spacial score (nSPS) is 13.7. The van der Waals surface area contributed by atoms with Crippen LogP contribution in [0.15, 0.2) is 47.4 Å². The summed E-state index contributed by atoms with van der Waals surface area (Å²) >= 11 is 0. The van der Waals surface area contributed by atoms with Gasteiger partial charge in [0.1, 0.15) is 5.75 Å². The van der Waals surface area contributed by atoms with Crippen LogP contribution in [0.2, 0.25) is 0 Å². The Morgan fingerprint density at radius 2 is 1.96 bits per heavy atom. The second-order valence-corrected chi connectivity index (χ2v) is 8.56. The molecule has 144 valence electrons. The van der Waals surface area contributed by atoms with E-state index >= 15 is 0 Å². The number of carbonyl (C=O) groups excluding carboxylic acids is 1. The van der Waals surface area contributed by atoms with Crippen LogP contribution in [0.5, 0.6) is 5.75 Å². The van der Waals surface area contributed by atoms with E-state index in [1.165, 1.54) is 4.31 Å². The topological polar surface area (TPSA) is 66.9 Å². The molecule has 2 aromatic rings. The SMILES string of the molecule is CCC(=O)N1CCc2cc(S(=O)(=O)N(C)Cc3ccccc3OC)ccc21. The van der Waals surface area contributed by atoms with E-state index in [0.717, 1.165) is 16.8 Å². The van der Waals surface area contributed by atoms with Crippen LogP contribution in [-0.4, -0.2) is 39.3 Å². The summed E-state index contributed by atoms with van der Waals surface area (Å²) in [4.78, 5) is 14.0. The van der Waals surface area contributed by atoms with E-state index in [9.17, 15) is 13.2 Å². The Morgan fingerprint density at radius 3 is 2.67 bits per heavy atom. The molecule has 0 aromatic heterocycles. The minimum atomic E-state index is -3.65. The molecule has 0 bridgehead atoms. The Morgan fingerprint density at radius 1 is 1.22 bits per heavy atom. The lowest BCUT2D eigenvalue weighted by Gasteiger charge is -2.20. The fraction of sp³-hybridized carbons (Fsp3) is 0.350. The number of carbonyl (C=O) groups is 1. The summed E-state index contributed by atoms with van der Waals surface area (Å²) in [7, 11) is -0.529. The second kappa shape index (κ2) is 7.70. The molecule has 0 saturated carbocycles. The lowest BCUT2D eigenvalue weighted by atomic mass is 10.2. The first-order chi connectivity index (χ1) is 12.9. The largest absolute Gasteiger partial charge is 0.496 e. The van der Waals surface area contributed by atoms with Gasteiger partial charge in [-0.05, 0) is 36.2 Å². The average Bonchev–Trinajstić information content (AvgIpc) is 3.11. The van der Waals surface area contributed by atoms with E-state index in [1.807, 2.05) is 31.2 Å². The fourth-order valence-corrected chi connectivity index (χ4v) is 4.53. The maximum Gasteiger partial charge on any atom is 0.243 e. The van der Waals surface area contributed by atoms with Gasteiger partial charge in [-0.15, -0.1) is 0 Å². The number of sulfonamides is 1. The predicted molar refractivity (Wildman–Crippen MR) is 104 cm³/mol. The molecule has 0 radical (unpaired) electrons. The van der Waals surface area contributed by atoms with Crippen molar-refractivity contribution in [3.8, 4) is 5.75 Å². The minimum absolute atomic E-state index is 0.0534. The van der Waals surface area contributed by atoms with Crippen molar-refractivity contribution in [2.45, 2.75) is 31.2 Å². The van der Waals surface area contributed by atoms with Crippen LogP contribution in [0, 0.1) is 0 Å². The van der Waals surface area contributed by atoms with Crippen molar-refractivity contribution in [3.05, 3.63) is 53.6 Å². The molecule has 7 heteroatoms. The number of hydrogen-bond acceptors (Lipinski definition) is 4. The zero-order valence-electron chi connectivity index (χ0n) is 15.8. The van der Waals surface area contributed by atoms with Gasteiger partial charge >= 0.3 is 0 Å². The number of methoxy groups -OCH3 is 1. The lowest BCUT2D eigenvalue weighted by molar-refractivity contribution is -0.118. The number of anilines is 1. The van der Waals surface area contributed by atoms with Gasteiger partial charge in [-0.2, -0.15) is 4.31 Å². The molecule has 0 spiro atoms. The van der Waals surface area contributed by atoms with Gasteiger partial charge in [0.2, 0.25) is 15.9 Å². The summed E-state index contributed by atoms with van der Waals surface area (Å²) in [6, 6.07) is 12.4. The molecule has 0 fully saturated rings. The third kappa shape index (κ3) is 3.70. The van der Waals surface area contributed by atoms with Crippen molar-refractivity contribution in [3.63, 3.8) is 0 Å². The van der Waals surface area contributed by atoms with Crippen molar-refractivity contribution in [2.24, 2.45) is 0 Å². The molecule has 0 N–H and O–H groups in total. The second-order valence-electron chi connectivity index (χ2n) is 6.51. The number of para-hydroxylation sites is 1. The smallest absolute Gasteiger partial charge is 0.243 e. The van der Waals surface area contributed by atoms with Crippen molar-refractivity contribution < 1.29 is 17.9 Å². The average molecular weight is 388 g/mol. The number of nitrogens with zero attached hydrogens (tertiary/aromatic N) is 2.